The van der Waals surface area contributed by atoms with Gasteiger partial charge in [0.15, 0.2) is 5.69 Å². The Morgan fingerprint density at radius 1 is 1.40 bits per heavy atom. The minimum Gasteiger partial charge on any atom is -0.305 e. The zero-order valence-electron chi connectivity index (χ0n) is 12.6. The van der Waals surface area contributed by atoms with Crippen LogP contribution in [0.4, 0.5) is 5.82 Å². The van der Waals surface area contributed by atoms with Crippen LogP contribution in [0.15, 0.2) is 12.3 Å². The Morgan fingerprint density at radius 3 is 2.60 bits per heavy atom. The second kappa shape index (κ2) is 5.48. The highest BCUT2D eigenvalue weighted by Crippen LogP contribution is 2.19. The molecular weight excluding hydrogens is 254 g/mol. The first-order valence-corrected chi connectivity index (χ1v) is 6.83. The molecule has 1 amide bonds. The molecule has 6 heteroatoms. The number of aromatic nitrogens is 4. The van der Waals surface area contributed by atoms with Crippen LogP contribution in [0.25, 0.3) is 0 Å². The van der Waals surface area contributed by atoms with Gasteiger partial charge in [0, 0.05) is 24.8 Å². The zero-order chi connectivity index (χ0) is 14.9. The van der Waals surface area contributed by atoms with E-state index in [-0.39, 0.29) is 11.9 Å². The number of amides is 1. The molecule has 0 saturated carbocycles. The smallest absolute Gasteiger partial charge is 0.277 e. The van der Waals surface area contributed by atoms with E-state index in [1.54, 1.807) is 15.4 Å². The number of carbonyl (C=O) groups excluding carboxylic acids is 1. The molecular formula is C14H21N5O. The number of hydrogen-bond donors (Lipinski definition) is 1. The van der Waals surface area contributed by atoms with Crippen LogP contribution in [0.5, 0.6) is 0 Å². The molecule has 108 valence electrons. The second-order valence-electron chi connectivity index (χ2n) is 5.13. The Morgan fingerprint density at radius 2 is 2.10 bits per heavy atom. The molecule has 0 aliphatic heterocycles. The maximum atomic E-state index is 12.2. The normalized spacial score (nSPS) is 11.1. The van der Waals surface area contributed by atoms with Gasteiger partial charge in [-0.25, -0.2) is 0 Å². The number of carbonyl (C=O) groups is 1. The number of nitrogens with one attached hydrogen (secondary N) is 1. The fraction of sp³-hybridized carbons (Fsp3) is 0.500. The van der Waals surface area contributed by atoms with Gasteiger partial charge >= 0.3 is 0 Å². The van der Waals surface area contributed by atoms with E-state index in [1.807, 2.05) is 40.9 Å². The third kappa shape index (κ3) is 2.59. The number of anilines is 1. The molecule has 2 rings (SSSR count). The fourth-order valence-electron chi connectivity index (χ4n) is 2.11. The van der Waals surface area contributed by atoms with Crippen molar-refractivity contribution in [1.82, 2.24) is 19.6 Å². The van der Waals surface area contributed by atoms with Crippen molar-refractivity contribution in [3.63, 3.8) is 0 Å². The topological polar surface area (TPSA) is 64.7 Å². The van der Waals surface area contributed by atoms with Crippen LogP contribution in [0.2, 0.25) is 0 Å². The van der Waals surface area contributed by atoms with E-state index < -0.39 is 0 Å². The predicted octanol–water partition coefficient (Wildman–Crippen LogP) is 2.32. The molecule has 0 atom stereocenters. The van der Waals surface area contributed by atoms with Crippen LogP contribution in [0, 0.1) is 6.92 Å². The molecule has 0 bridgehead atoms. The van der Waals surface area contributed by atoms with E-state index >= 15 is 0 Å². The summed E-state index contributed by atoms with van der Waals surface area (Å²) < 4.78 is 3.47. The average Bonchev–Trinajstić information content (AvgIpc) is 2.98. The van der Waals surface area contributed by atoms with Gasteiger partial charge in [0.1, 0.15) is 5.82 Å². The molecule has 0 aliphatic carbocycles. The zero-order valence-corrected chi connectivity index (χ0v) is 12.6. The Labute approximate surface area is 118 Å². The molecule has 0 fully saturated rings. The summed E-state index contributed by atoms with van der Waals surface area (Å²) in [5.41, 5.74) is 2.42. The lowest BCUT2D eigenvalue weighted by Gasteiger charge is -2.06. The van der Waals surface area contributed by atoms with Crippen molar-refractivity contribution in [1.29, 1.82) is 0 Å². The van der Waals surface area contributed by atoms with E-state index in [0.717, 1.165) is 23.5 Å². The molecule has 0 radical (unpaired) electrons. The molecule has 2 aromatic heterocycles. The van der Waals surface area contributed by atoms with E-state index in [1.165, 1.54) is 0 Å². The van der Waals surface area contributed by atoms with Gasteiger partial charge in [-0.15, -0.1) is 0 Å². The van der Waals surface area contributed by atoms with Gasteiger partial charge in [0.25, 0.3) is 5.91 Å². The Bertz CT molecular complexity index is 624. The highest BCUT2D eigenvalue weighted by atomic mass is 16.2. The largest absolute Gasteiger partial charge is 0.305 e. The molecule has 20 heavy (non-hydrogen) atoms. The SMILES string of the molecule is CCc1nn(C)c(NC(=O)c2ccn(C(C)C)n2)c1C. The van der Waals surface area contributed by atoms with Crippen LogP contribution >= 0.6 is 0 Å². The second-order valence-corrected chi connectivity index (χ2v) is 5.13. The first-order chi connectivity index (χ1) is 9.43. The average molecular weight is 275 g/mol. The molecule has 2 heterocycles. The summed E-state index contributed by atoms with van der Waals surface area (Å²) in [6.07, 6.45) is 2.66. The van der Waals surface area contributed by atoms with Crippen LogP contribution in [0.1, 0.15) is 48.6 Å². The first kappa shape index (κ1) is 14.3. The summed E-state index contributed by atoms with van der Waals surface area (Å²) in [6, 6.07) is 1.96. The summed E-state index contributed by atoms with van der Waals surface area (Å²) in [5.74, 6) is 0.518. The number of aryl methyl sites for hydroxylation is 2. The Kier molecular flexibility index (Phi) is 3.92. The number of nitrogens with zero attached hydrogens (tertiary/aromatic N) is 4. The van der Waals surface area contributed by atoms with Crippen molar-refractivity contribution in [2.24, 2.45) is 7.05 Å². The van der Waals surface area contributed by atoms with Crippen molar-refractivity contribution < 1.29 is 4.79 Å². The standard InChI is InChI=1S/C14H21N5O/c1-6-11-10(4)13(18(5)16-11)15-14(20)12-7-8-19(17-12)9(2)3/h7-9H,6H2,1-5H3,(H,15,20). The molecule has 2 aromatic rings. The van der Waals surface area contributed by atoms with Gasteiger partial charge < -0.3 is 5.32 Å². The summed E-state index contributed by atoms with van der Waals surface area (Å²) >= 11 is 0. The lowest BCUT2D eigenvalue weighted by molar-refractivity contribution is 0.102. The summed E-state index contributed by atoms with van der Waals surface area (Å²) in [5, 5.41) is 11.5. The fourth-order valence-corrected chi connectivity index (χ4v) is 2.11. The molecule has 0 aliphatic rings. The molecule has 1 N–H and O–H groups in total. The van der Waals surface area contributed by atoms with Crippen molar-refractivity contribution >= 4 is 11.7 Å². The molecule has 0 spiro atoms. The van der Waals surface area contributed by atoms with E-state index in [9.17, 15) is 4.79 Å². The van der Waals surface area contributed by atoms with Crippen LogP contribution in [-0.4, -0.2) is 25.5 Å². The van der Waals surface area contributed by atoms with Gasteiger partial charge in [0.2, 0.25) is 0 Å². The minimum atomic E-state index is -0.210. The van der Waals surface area contributed by atoms with E-state index in [2.05, 4.69) is 15.5 Å². The highest BCUT2D eigenvalue weighted by molar-refractivity contribution is 6.02. The van der Waals surface area contributed by atoms with Gasteiger partial charge in [-0.2, -0.15) is 10.2 Å². The lowest BCUT2D eigenvalue weighted by Crippen LogP contribution is -2.16. The van der Waals surface area contributed by atoms with Gasteiger partial charge in [0.05, 0.1) is 5.69 Å². The van der Waals surface area contributed by atoms with Crippen molar-refractivity contribution in [3.8, 4) is 0 Å². The van der Waals surface area contributed by atoms with Crippen molar-refractivity contribution in [2.45, 2.75) is 40.2 Å². The minimum absolute atomic E-state index is 0.210. The van der Waals surface area contributed by atoms with Gasteiger partial charge in [-0.05, 0) is 33.3 Å². The molecule has 0 unspecified atom stereocenters. The molecule has 0 aromatic carbocycles. The third-order valence-electron chi connectivity index (χ3n) is 3.32. The van der Waals surface area contributed by atoms with Crippen LogP contribution < -0.4 is 5.32 Å². The maximum absolute atomic E-state index is 12.2. The van der Waals surface area contributed by atoms with Crippen LogP contribution in [-0.2, 0) is 13.5 Å². The van der Waals surface area contributed by atoms with Crippen molar-refractivity contribution in [3.05, 3.63) is 29.2 Å². The lowest BCUT2D eigenvalue weighted by atomic mass is 10.2. The Balaban J connectivity index is 2.21. The predicted molar refractivity (Wildman–Crippen MR) is 77.9 cm³/mol. The summed E-state index contributed by atoms with van der Waals surface area (Å²) in [7, 11) is 1.83. The molecule has 6 nitrogen and oxygen atoms in total. The molecule has 0 saturated heterocycles. The van der Waals surface area contributed by atoms with E-state index in [4.69, 9.17) is 0 Å². The van der Waals surface area contributed by atoms with E-state index in [0.29, 0.717) is 5.69 Å². The number of hydrogen-bond acceptors (Lipinski definition) is 3. The van der Waals surface area contributed by atoms with Crippen LogP contribution in [0.3, 0.4) is 0 Å². The van der Waals surface area contributed by atoms with Gasteiger partial charge in [-0.3, -0.25) is 14.2 Å². The Hall–Kier alpha value is -2.11. The van der Waals surface area contributed by atoms with Crippen molar-refractivity contribution in [2.75, 3.05) is 5.32 Å². The highest BCUT2D eigenvalue weighted by Gasteiger charge is 2.16. The maximum Gasteiger partial charge on any atom is 0.277 e. The quantitative estimate of drug-likeness (QED) is 0.931. The third-order valence-corrected chi connectivity index (χ3v) is 3.32. The monoisotopic (exact) mass is 275 g/mol. The first-order valence-electron chi connectivity index (χ1n) is 6.83. The summed E-state index contributed by atoms with van der Waals surface area (Å²) in [6.45, 7) is 8.06. The number of rotatable bonds is 4. The summed E-state index contributed by atoms with van der Waals surface area (Å²) in [4.78, 5) is 12.2. The van der Waals surface area contributed by atoms with Gasteiger partial charge in [-0.1, -0.05) is 6.92 Å².